The number of hydrogen-bond donors (Lipinski definition) is 3. The van der Waals surface area contributed by atoms with Crippen molar-refractivity contribution in [1.82, 2.24) is 20.1 Å². The highest BCUT2D eigenvalue weighted by Crippen LogP contribution is 2.32. The molecule has 0 spiro atoms. The lowest BCUT2D eigenvalue weighted by Gasteiger charge is -2.35. The van der Waals surface area contributed by atoms with Crippen molar-refractivity contribution in [2.75, 3.05) is 12.3 Å². The Morgan fingerprint density at radius 1 is 1.30 bits per heavy atom. The van der Waals surface area contributed by atoms with Crippen molar-refractivity contribution in [3.8, 4) is 0 Å². The highest BCUT2D eigenvalue weighted by Gasteiger charge is 2.29. The van der Waals surface area contributed by atoms with Gasteiger partial charge in [0.25, 0.3) is 5.91 Å². The minimum Gasteiger partial charge on any atom is -0.364 e. The average molecular weight is 383 g/mol. The molecule has 0 radical (unpaired) electrons. The highest BCUT2D eigenvalue weighted by molar-refractivity contribution is 8.00. The molecule has 1 saturated heterocycles. The van der Waals surface area contributed by atoms with Crippen LogP contribution in [0.3, 0.4) is 0 Å². The van der Waals surface area contributed by atoms with Gasteiger partial charge in [0.1, 0.15) is 5.69 Å². The van der Waals surface area contributed by atoms with Crippen molar-refractivity contribution >= 4 is 34.5 Å². The third kappa shape index (κ3) is 3.57. The van der Waals surface area contributed by atoms with Crippen LogP contribution in [-0.4, -0.2) is 44.2 Å². The predicted octanol–water partition coefficient (Wildman–Crippen LogP) is 2.84. The van der Waals surface area contributed by atoms with E-state index in [1.165, 1.54) is 0 Å². The Kier molecular flexibility index (Phi) is 4.89. The van der Waals surface area contributed by atoms with Gasteiger partial charge < -0.3 is 15.6 Å². The van der Waals surface area contributed by atoms with Crippen LogP contribution in [0.25, 0.3) is 10.9 Å². The molecule has 0 aliphatic carbocycles. The normalized spacial score (nSPS) is 17.3. The predicted molar refractivity (Wildman–Crippen MR) is 104 cm³/mol. The number of carbonyl (C=O) groups excluding carboxylic acids is 2. The van der Waals surface area contributed by atoms with Gasteiger partial charge in [0, 0.05) is 28.5 Å². The van der Waals surface area contributed by atoms with Crippen molar-refractivity contribution in [1.29, 1.82) is 0 Å². The summed E-state index contributed by atoms with van der Waals surface area (Å²) in [5.41, 5.74) is 7.34. The molecule has 7 nitrogen and oxygen atoms in total. The number of aromatic nitrogens is 3. The maximum Gasteiger partial charge on any atom is 0.269 e. The number of nitrogens with two attached hydrogens (primary N) is 1. The van der Waals surface area contributed by atoms with Crippen LogP contribution in [0.1, 0.15) is 41.5 Å². The lowest BCUT2D eigenvalue weighted by Crippen LogP contribution is -2.39. The second-order valence-electron chi connectivity index (χ2n) is 6.66. The van der Waals surface area contributed by atoms with Crippen LogP contribution in [0.2, 0.25) is 0 Å². The first-order chi connectivity index (χ1) is 13.1. The Hall–Kier alpha value is -2.74. The quantitative estimate of drug-likeness (QED) is 0.589. The van der Waals surface area contributed by atoms with Crippen LogP contribution in [-0.2, 0) is 4.79 Å². The fourth-order valence-corrected chi connectivity index (χ4v) is 4.49. The molecule has 1 aliphatic heterocycles. The molecule has 3 aromatic rings. The number of benzene rings is 1. The van der Waals surface area contributed by atoms with Gasteiger partial charge in [-0.1, -0.05) is 18.2 Å². The first-order valence-electron chi connectivity index (χ1n) is 8.97. The smallest absolute Gasteiger partial charge is 0.269 e. The molecule has 2 amide bonds. The number of piperidine rings is 1. The molecule has 1 unspecified atom stereocenters. The molecule has 27 heavy (non-hydrogen) atoms. The van der Waals surface area contributed by atoms with E-state index in [1.807, 2.05) is 29.3 Å². The number of thioether (sulfide) groups is 1. The van der Waals surface area contributed by atoms with Gasteiger partial charge in [0.05, 0.1) is 17.5 Å². The number of fused-ring (bicyclic) bond motifs is 1. The molecule has 1 atom stereocenters. The number of nitrogens with zero attached hydrogens (tertiary/aromatic N) is 2. The van der Waals surface area contributed by atoms with Gasteiger partial charge in [0.2, 0.25) is 5.91 Å². The maximum atomic E-state index is 12.9. The van der Waals surface area contributed by atoms with E-state index in [1.54, 1.807) is 17.8 Å². The molecule has 1 aromatic carbocycles. The van der Waals surface area contributed by atoms with Gasteiger partial charge >= 0.3 is 0 Å². The Labute approximate surface area is 160 Å². The number of H-pyrrole nitrogens is 2. The summed E-state index contributed by atoms with van der Waals surface area (Å²) >= 11 is 1.54. The molecular weight excluding hydrogens is 362 g/mol. The summed E-state index contributed by atoms with van der Waals surface area (Å²) in [5, 5.41) is 7.97. The van der Waals surface area contributed by atoms with E-state index in [4.69, 9.17) is 5.73 Å². The third-order valence-corrected chi connectivity index (χ3v) is 5.97. The molecule has 3 heterocycles. The van der Waals surface area contributed by atoms with E-state index in [0.29, 0.717) is 12.3 Å². The van der Waals surface area contributed by atoms with Gasteiger partial charge in [-0.05, 0) is 31.4 Å². The largest absolute Gasteiger partial charge is 0.364 e. The first-order valence-corrected chi connectivity index (χ1v) is 9.95. The van der Waals surface area contributed by atoms with Crippen molar-refractivity contribution in [3.63, 3.8) is 0 Å². The molecular formula is C19H21N5O2S. The van der Waals surface area contributed by atoms with Crippen molar-refractivity contribution < 1.29 is 9.59 Å². The number of aromatic amines is 2. The summed E-state index contributed by atoms with van der Waals surface area (Å²) in [5.74, 6) is -0.110. The summed E-state index contributed by atoms with van der Waals surface area (Å²) in [7, 11) is 0. The van der Waals surface area contributed by atoms with E-state index in [2.05, 4.69) is 21.2 Å². The number of carbonyl (C=O) groups is 2. The standard InChI is InChI=1S/C19H21N5O2S/c20-19(26)15-9-14(22-23-15)16-7-3-4-8-24(16)18(25)11-27-17-10-21-13-6-2-1-5-12(13)17/h1-2,5-6,9-10,16,21H,3-4,7-8,11H2,(H2,20,26)(H,22,23). The van der Waals surface area contributed by atoms with E-state index in [-0.39, 0.29) is 17.6 Å². The number of likely N-dealkylation sites (tertiary alicyclic amines) is 1. The molecule has 2 aromatic heterocycles. The topological polar surface area (TPSA) is 108 Å². The molecule has 1 fully saturated rings. The van der Waals surface area contributed by atoms with Crippen LogP contribution in [0.5, 0.6) is 0 Å². The lowest BCUT2D eigenvalue weighted by atomic mass is 9.99. The van der Waals surface area contributed by atoms with E-state index < -0.39 is 5.91 Å². The van der Waals surface area contributed by atoms with Crippen LogP contribution in [0.15, 0.2) is 41.4 Å². The molecule has 0 saturated carbocycles. The number of rotatable bonds is 5. The molecule has 1 aliphatic rings. The zero-order chi connectivity index (χ0) is 18.8. The number of amides is 2. The van der Waals surface area contributed by atoms with Crippen LogP contribution in [0, 0.1) is 0 Å². The van der Waals surface area contributed by atoms with E-state index in [9.17, 15) is 9.59 Å². The van der Waals surface area contributed by atoms with Gasteiger partial charge in [-0.3, -0.25) is 14.7 Å². The molecule has 8 heteroatoms. The minimum absolute atomic E-state index is 0.0876. The second kappa shape index (κ2) is 7.48. The maximum absolute atomic E-state index is 12.9. The molecule has 4 N–H and O–H groups in total. The van der Waals surface area contributed by atoms with Gasteiger partial charge in [0.15, 0.2) is 0 Å². The Balaban J connectivity index is 1.47. The van der Waals surface area contributed by atoms with Gasteiger partial charge in [-0.25, -0.2) is 0 Å². The van der Waals surface area contributed by atoms with E-state index in [0.717, 1.165) is 40.8 Å². The Morgan fingerprint density at radius 3 is 2.96 bits per heavy atom. The fourth-order valence-electron chi connectivity index (χ4n) is 3.57. The monoisotopic (exact) mass is 383 g/mol. The summed E-state index contributed by atoms with van der Waals surface area (Å²) in [6.45, 7) is 0.711. The summed E-state index contributed by atoms with van der Waals surface area (Å²) in [4.78, 5) is 30.4. The summed E-state index contributed by atoms with van der Waals surface area (Å²) in [6, 6.07) is 9.63. The molecule has 4 rings (SSSR count). The lowest BCUT2D eigenvalue weighted by molar-refractivity contribution is -0.132. The van der Waals surface area contributed by atoms with Gasteiger partial charge in [-0.2, -0.15) is 5.10 Å². The third-order valence-electron chi connectivity index (χ3n) is 4.93. The number of nitrogens with one attached hydrogen (secondary N) is 2. The first kappa shape index (κ1) is 17.7. The van der Waals surface area contributed by atoms with Crippen LogP contribution in [0.4, 0.5) is 0 Å². The SMILES string of the molecule is NC(=O)c1cc(C2CCCCN2C(=O)CSc2c[nH]c3ccccc23)[nH]n1. The van der Waals surface area contributed by atoms with Crippen LogP contribution < -0.4 is 5.73 Å². The van der Waals surface area contributed by atoms with E-state index >= 15 is 0 Å². The summed E-state index contributed by atoms with van der Waals surface area (Å²) in [6.07, 6.45) is 4.82. The van der Waals surface area contributed by atoms with Crippen LogP contribution >= 0.6 is 11.8 Å². The highest BCUT2D eigenvalue weighted by atomic mass is 32.2. The van der Waals surface area contributed by atoms with Crippen molar-refractivity contribution in [2.45, 2.75) is 30.2 Å². The zero-order valence-corrected chi connectivity index (χ0v) is 15.6. The Morgan fingerprint density at radius 2 is 2.15 bits per heavy atom. The Bertz CT molecular complexity index is 979. The average Bonchev–Trinajstić information content (AvgIpc) is 3.34. The molecule has 0 bridgehead atoms. The number of primary amides is 1. The minimum atomic E-state index is -0.568. The van der Waals surface area contributed by atoms with Crippen molar-refractivity contribution in [3.05, 3.63) is 47.9 Å². The number of para-hydroxylation sites is 1. The van der Waals surface area contributed by atoms with Gasteiger partial charge in [-0.15, -0.1) is 11.8 Å². The second-order valence-corrected chi connectivity index (χ2v) is 7.68. The molecule has 140 valence electrons. The number of hydrogen-bond acceptors (Lipinski definition) is 4. The van der Waals surface area contributed by atoms with Crippen molar-refractivity contribution in [2.24, 2.45) is 5.73 Å². The fraction of sp³-hybridized carbons (Fsp3) is 0.316. The summed E-state index contributed by atoms with van der Waals surface area (Å²) < 4.78 is 0. The zero-order valence-electron chi connectivity index (χ0n) is 14.8.